The molecule has 0 saturated heterocycles. The van der Waals surface area contributed by atoms with Crippen LogP contribution < -0.4 is 4.74 Å². The third-order valence-electron chi connectivity index (χ3n) is 2.39. The standard InChI is InChI=1S/C14H11Cl2NO/c1-18-14-5-3-2-4-13(14)17-9-10-6-7-11(15)8-12(10)16/h2-9H,1H3. The summed E-state index contributed by atoms with van der Waals surface area (Å²) < 4.78 is 5.22. The summed E-state index contributed by atoms with van der Waals surface area (Å²) in [7, 11) is 1.61. The van der Waals surface area contributed by atoms with Gasteiger partial charge in [0.1, 0.15) is 11.4 Å². The van der Waals surface area contributed by atoms with Gasteiger partial charge in [0.2, 0.25) is 0 Å². The number of ether oxygens (including phenoxy) is 1. The van der Waals surface area contributed by atoms with Gasteiger partial charge in [0.25, 0.3) is 0 Å². The average molecular weight is 280 g/mol. The van der Waals surface area contributed by atoms with E-state index in [9.17, 15) is 0 Å². The Hall–Kier alpha value is -1.51. The summed E-state index contributed by atoms with van der Waals surface area (Å²) in [6.07, 6.45) is 1.69. The summed E-state index contributed by atoms with van der Waals surface area (Å²) in [6, 6.07) is 12.8. The van der Waals surface area contributed by atoms with E-state index in [1.807, 2.05) is 30.3 Å². The van der Waals surface area contributed by atoms with Gasteiger partial charge < -0.3 is 4.74 Å². The lowest BCUT2D eigenvalue weighted by Crippen LogP contribution is -1.85. The highest BCUT2D eigenvalue weighted by molar-refractivity contribution is 6.36. The first kappa shape index (κ1) is 12.9. The van der Waals surface area contributed by atoms with Crippen molar-refractivity contribution in [3.8, 4) is 5.75 Å². The van der Waals surface area contributed by atoms with Crippen LogP contribution in [0.1, 0.15) is 5.56 Å². The van der Waals surface area contributed by atoms with E-state index in [1.54, 1.807) is 25.5 Å². The Morgan fingerprint density at radius 2 is 1.89 bits per heavy atom. The van der Waals surface area contributed by atoms with Gasteiger partial charge in [0.15, 0.2) is 0 Å². The van der Waals surface area contributed by atoms with Crippen molar-refractivity contribution < 1.29 is 4.74 Å². The predicted molar refractivity (Wildman–Crippen MR) is 76.7 cm³/mol. The largest absolute Gasteiger partial charge is 0.494 e. The number of rotatable bonds is 3. The predicted octanol–water partition coefficient (Wildman–Crippen LogP) is 4.75. The summed E-state index contributed by atoms with van der Waals surface area (Å²) in [5, 5.41) is 1.18. The van der Waals surface area contributed by atoms with Gasteiger partial charge in [-0.1, -0.05) is 41.4 Å². The molecule has 0 atom stereocenters. The number of para-hydroxylation sites is 2. The third-order valence-corrected chi connectivity index (χ3v) is 2.95. The van der Waals surface area contributed by atoms with Crippen molar-refractivity contribution in [3.05, 3.63) is 58.1 Å². The molecular weight excluding hydrogens is 269 g/mol. The van der Waals surface area contributed by atoms with Crippen LogP contribution >= 0.6 is 23.2 Å². The van der Waals surface area contributed by atoms with Gasteiger partial charge in [-0.15, -0.1) is 0 Å². The lowest BCUT2D eigenvalue weighted by molar-refractivity contribution is 0.416. The van der Waals surface area contributed by atoms with Crippen LogP contribution in [0.2, 0.25) is 10.0 Å². The van der Waals surface area contributed by atoms with Gasteiger partial charge >= 0.3 is 0 Å². The molecule has 2 aromatic rings. The highest BCUT2D eigenvalue weighted by Crippen LogP contribution is 2.27. The topological polar surface area (TPSA) is 21.6 Å². The molecule has 0 bridgehead atoms. The van der Waals surface area contributed by atoms with Gasteiger partial charge in [-0.25, -0.2) is 0 Å². The zero-order valence-electron chi connectivity index (χ0n) is 9.73. The summed E-state index contributed by atoms with van der Waals surface area (Å²) in [4.78, 5) is 4.36. The molecule has 0 aliphatic rings. The van der Waals surface area contributed by atoms with Gasteiger partial charge in [-0.05, 0) is 24.3 Å². The van der Waals surface area contributed by atoms with Crippen molar-refractivity contribution in [3.63, 3.8) is 0 Å². The van der Waals surface area contributed by atoms with E-state index >= 15 is 0 Å². The van der Waals surface area contributed by atoms with Gasteiger partial charge in [0, 0.05) is 16.8 Å². The molecule has 0 heterocycles. The quantitative estimate of drug-likeness (QED) is 0.743. The molecule has 2 nitrogen and oxygen atoms in total. The fraction of sp³-hybridized carbons (Fsp3) is 0.0714. The Bertz CT molecular complexity index is 582. The fourth-order valence-electron chi connectivity index (χ4n) is 1.48. The summed E-state index contributed by atoms with van der Waals surface area (Å²) in [5.74, 6) is 0.721. The highest BCUT2D eigenvalue weighted by Gasteiger charge is 2.00. The van der Waals surface area contributed by atoms with Gasteiger partial charge in [-0.3, -0.25) is 4.99 Å². The first-order chi connectivity index (χ1) is 8.70. The van der Waals surface area contributed by atoms with Crippen molar-refractivity contribution in [2.45, 2.75) is 0 Å². The number of benzene rings is 2. The second-order valence-corrected chi connectivity index (χ2v) is 4.44. The van der Waals surface area contributed by atoms with Gasteiger partial charge in [-0.2, -0.15) is 0 Å². The maximum absolute atomic E-state index is 6.06. The Morgan fingerprint density at radius 3 is 2.61 bits per heavy atom. The van der Waals surface area contributed by atoms with Crippen LogP contribution in [0.15, 0.2) is 47.5 Å². The molecule has 0 fully saturated rings. The molecular formula is C14H11Cl2NO. The number of methoxy groups -OCH3 is 1. The van der Waals surface area contributed by atoms with Gasteiger partial charge in [0.05, 0.1) is 12.1 Å². The number of hydrogen-bond donors (Lipinski definition) is 0. The molecule has 0 N–H and O–H groups in total. The van der Waals surface area contributed by atoms with Crippen LogP contribution in [0.25, 0.3) is 0 Å². The molecule has 0 amide bonds. The molecule has 4 heteroatoms. The first-order valence-electron chi connectivity index (χ1n) is 5.33. The average Bonchev–Trinajstić information content (AvgIpc) is 2.38. The molecule has 18 heavy (non-hydrogen) atoms. The highest BCUT2D eigenvalue weighted by atomic mass is 35.5. The minimum Gasteiger partial charge on any atom is -0.494 e. The molecule has 0 aliphatic heterocycles. The Morgan fingerprint density at radius 1 is 1.11 bits per heavy atom. The normalized spacial score (nSPS) is 10.8. The maximum atomic E-state index is 6.06. The van der Waals surface area contributed by atoms with Crippen LogP contribution in [0.4, 0.5) is 5.69 Å². The van der Waals surface area contributed by atoms with E-state index in [-0.39, 0.29) is 0 Å². The molecule has 0 saturated carbocycles. The van der Waals surface area contributed by atoms with Crippen molar-refractivity contribution >= 4 is 35.1 Å². The Kier molecular flexibility index (Phi) is 4.24. The van der Waals surface area contributed by atoms with E-state index in [4.69, 9.17) is 27.9 Å². The fourth-order valence-corrected chi connectivity index (χ4v) is 1.94. The second kappa shape index (κ2) is 5.89. The number of nitrogens with zero attached hydrogens (tertiary/aromatic N) is 1. The summed E-state index contributed by atoms with van der Waals surface area (Å²) in [5.41, 5.74) is 1.57. The number of aliphatic imine (C=N–C) groups is 1. The van der Waals surface area contributed by atoms with Crippen LogP contribution in [0.5, 0.6) is 5.75 Å². The molecule has 0 radical (unpaired) electrons. The maximum Gasteiger partial charge on any atom is 0.144 e. The Balaban J connectivity index is 2.30. The van der Waals surface area contributed by atoms with E-state index in [0.717, 1.165) is 17.0 Å². The van der Waals surface area contributed by atoms with Crippen molar-refractivity contribution in [1.82, 2.24) is 0 Å². The van der Waals surface area contributed by atoms with Crippen LogP contribution in [-0.2, 0) is 0 Å². The molecule has 2 aromatic carbocycles. The molecule has 0 aromatic heterocycles. The first-order valence-corrected chi connectivity index (χ1v) is 6.08. The van der Waals surface area contributed by atoms with E-state index < -0.39 is 0 Å². The van der Waals surface area contributed by atoms with Crippen molar-refractivity contribution in [2.75, 3.05) is 7.11 Å². The SMILES string of the molecule is COc1ccccc1N=Cc1ccc(Cl)cc1Cl. The number of halogens is 2. The van der Waals surface area contributed by atoms with Crippen molar-refractivity contribution in [1.29, 1.82) is 0 Å². The minimum absolute atomic E-state index is 0.571. The molecule has 0 unspecified atom stereocenters. The lowest BCUT2D eigenvalue weighted by Gasteiger charge is -2.03. The van der Waals surface area contributed by atoms with E-state index in [2.05, 4.69) is 4.99 Å². The van der Waals surface area contributed by atoms with E-state index in [0.29, 0.717) is 10.0 Å². The zero-order valence-corrected chi connectivity index (χ0v) is 11.2. The molecule has 2 rings (SSSR count). The summed E-state index contributed by atoms with van der Waals surface area (Å²) in [6.45, 7) is 0. The summed E-state index contributed by atoms with van der Waals surface area (Å²) >= 11 is 11.9. The minimum atomic E-state index is 0.571. The van der Waals surface area contributed by atoms with Crippen molar-refractivity contribution in [2.24, 2.45) is 4.99 Å². The second-order valence-electron chi connectivity index (χ2n) is 3.60. The third kappa shape index (κ3) is 3.03. The Labute approximate surface area is 116 Å². The molecule has 0 spiro atoms. The van der Waals surface area contributed by atoms with Crippen LogP contribution in [-0.4, -0.2) is 13.3 Å². The van der Waals surface area contributed by atoms with Crippen LogP contribution in [0, 0.1) is 0 Å². The molecule has 0 aliphatic carbocycles. The zero-order chi connectivity index (χ0) is 13.0. The van der Waals surface area contributed by atoms with E-state index in [1.165, 1.54) is 0 Å². The van der Waals surface area contributed by atoms with Crippen LogP contribution in [0.3, 0.4) is 0 Å². The number of hydrogen-bond acceptors (Lipinski definition) is 2. The monoisotopic (exact) mass is 279 g/mol. The smallest absolute Gasteiger partial charge is 0.144 e. The molecule has 92 valence electrons. The lowest BCUT2D eigenvalue weighted by atomic mass is 10.2.